The Morgan fingerprint density at radius 2 is 1.88 bits per heavy atom. The predicted octanol–water partition coefficient (Wildman–Crippen LogP) is 3.27. The summed E-state index contributed by atoms with van der Waals surface area (Å²) < 4.78 is 3.39. The van der Waals surface area contributed by atoms with E-state index in [0.29, 0.717) is 0 Å². The van der Waals surface area contributed by atoms with Gasteiger partial charge in [0.2, 0.25) is 0 Å². The van der Waals surface area contributed by atoms with Crippen LogP contribution in [0, 0.1) is 0 Å². The van der Waals surface area contributed by atoms with E-state index in [2.05, 4.69) is 59.2 Å². The molecule has 2 aromatic heterocycles. The molecule has 2 nitrogen and oxygen atoms in total. The van der Waals surface area contributed by atoms with Crippen molar-refractivity contribution < 1.29 is 4.57 Å². The maximum atomic E-state index is 4.65. The van der Waals surface area contributed by atoms with Crippen molar-refractivity contribution in [3.05, 3.63) is 48.8 Å². The van der Waals surface area contributed by atoms with Crippen LogP contribution in [0.15, 0.2) is 48.8 Å². The Kier molecular flexibility index (Phi) is 2.61. The molecule has 0 spiro atoms. The van der Waals surface area contributed by atoms with Crippen LogP contribution in [0.1, 0.15) is 6.92 Å². The summed E-state index contributed by atoms with van der Waals surface area (Å²) in [5.41, 5.74) is 2.27. The zero-order valence-corrected chi connectivity index (χ0v) is 10.4. The molecule has 17 heavy (non-hydrogen) atoms. The van der Waals surface area contributed by atoms with E-state index in [9.17, 15) is 0 Å². The molecule has 0 amide bonds. The van der Waals surface area contributed by atoms with Gasteiger partial charge in [-0.1, -0.05) is 12.1 Å². The van der Waals surface area contributed by atoms with Crippen LogP contribution < -0.4 is 4.57 Å². The molecule has 0 N–H and O–H groups in total. The van der Waals surface area contributed by atoms with Crippen molar-refractivity contribution in [2.45, 2.75) is 13.5 Å². The minimum Gasteiger partial charge on any atom is -0.236 e. The third-order valence-electron chi connectivity index (χ3n) is 2.80. The van der Waals surface area contributed by atoms with E-state index >= 15 is 0 Å². The van der Waals surface area contributed by atoms with Crippen molar-refractivity contribution in [3.63, 3.8) is 0 Å². The smallest absolute Gasteiger partial charge is 0.169 e. The Morgan fingerprint density at radius 1 is 1.12 bits per heavy atom. The molecule has 0 saturated heterocycles. The number of rotatable bonds is 2. The quantitative estimate of drug-likeness (QED) is 0.629. The second kappa shape index (κ2) is 4.26. The Balaban J connectivity index is 2.07. The molecular weight excluding hydrogens is 228 g/mol. The van der Waals surface area contributed by atoms with E-state index in [-0.39, 0.29) is 0 Å². The summed E-state index contributed by atoms with van der Waals surface area (Å²) in [6.45, 7) is 3.14. The van der Waals surface area contributed by atoms with E-state index in [4.69, 9.17) is 0 Å². The second-order valence-electron chi connectivity index (χ2n) is 3.90. The average molecular weight is 241 g/mol. The lowest BCUT2D eigenvalue weighted by molar-refractivity contribution is -0.693. The van der Waals surface area contributed by atoms with Crippen molar-refractivity contribution in [1.29, 1.82) is 0 Å². The van der Waals surface area contributed by atoms with E-state index in [1.54, 1.807) is 11.3 Å². The van der Waals surface area contributed by atoms with Gasteiger partial charge < -0.3 is 0 Å². The van der Waals surface area contributed by atoms with Gasteiger partial charge in [-0.3, -0.25) is 0 Å². The standard InChI is InChI=1S/C14H13N2S/c1-2-16-9-7-11(8-10-16)14-15-12-5-3-4-6-13(12)17-14/h3-10H,2H2,1H3/q+1. The van der Waals surface area contributed by atoms with Gasteiger partial charge in [0.15, 0.2) is 12.4 Å². The Morgan fingerprint density at radius 3 is 2.59 bits per heavy atom. The van der Waals surface area contributed by atoms with E-state index in [1.807, 2.05) is 6.07 Å². The molecule has 0 aliphatic carbocycles. The summed E-state index contributed by atoms with van der Waals surface area (Å²) in [6, 6.07) is 12.5. The fourth-order valence-corrected chi connectivity index (χ4v) is 2.78. The molecule has 0 radical (unpaired) electrons. The molecule has 3 rings (SSSR count). The second-order valence-corrected chi connectivity index (χ2v) is 4.93. The van der Waals surface area contributed by atoms with Gasteiger partial charge >= 0.3 is 0 Å². The minimum absolute atomic E-state index is 1.00. The molecular formula is C14H13N2S+. The monoisotopic (exact) mass is 241 g/mol. The van der Waals surface area contributed by atoms with Crippen LogP contribution in [-0.4, -0.2) is 4.98 Å². The molecule has 0 aliphatic heterocycles. The molecule has 0 atom stereocenters. The van der Waals surface area contributed by atoms with E-state index in [1.165, 1.54) is 10.3 Å². The molecule has 3 heteroatoms. The zero-order valence-electron chi connectivity index (χ0n) is 9.63. The Bertz CT molecular complexity index is 608. The van der Waals surface area contributed by atoms with Crippen molar-refractivity contribution in [2.24, 2.45) is 0 Å². The van der Waals surface area contributed by atoms with Gasteiger partial charge in [-0.2, -0.15) is 0 Å². The third kappa shape index (κ3) is 1.94. The van der Waals surface area contributed by atoms with Crippen molar-refractivity contribution >= 4 is 21.6 Å². The number of thiazole rings is 1. The molecule has 0 aliphatic rings. The lowest BCUT2D eigenvalue weighted by Gasteiger charge is -1.94. The highest BCUT2D eigenvalue weighted by molar-refractivity contribution is 7.21. The Labute approximate surface area is 104 Å². The van der Waals surface area contributed by atoms with Gasteiger partial charge in [0.1, 0.15) is 11.6 Å². The van der Waals surface area contributed by atoms with Crippen LogP contribution in [-0.2, 0) is 6.54 Å². The summed E-state index contributed by atoms with van der Waals surface area (Å²) in [7, 11) is 0. The highest BCUT2D eigenvalue weighted by Crippen LogP contribution is 2.29. The van der Waals surface area contributed by atoms with Gasteiger partial charge in [0, 0.05) is 17.7 Å². The summed E-state index contributed by atoms with van der Waals surface area (Å²) in [5, 5.41) is 1.09. The first kappa shape index (κ1) is 10.4. The van der Waals surface area contributed by atoms with Gasteiger partial charge in [0.25, 0.3) is 0 Å². The molecule has 3 aromatic rings. The number of nitrogens with zero attached hydrogens (tertiary/aromatic N) is 2. The molecule has 84 valence electrons. The van der Waals surface area contributed by atoms with Crippen molar-refractivity contribution in [1.82, 2.24) is 4.98 Å². The number of hydrogen-bond donors (Lipinski definition) is 0. The fraction of sp³-hybridized carbons (Fsp3) is 0.143. The summed E-state index contributed by atoms with van der Waals surface area (Å²) in [4.78, 5) is 4.65. The topological polar surface area (TPSA) is 16.8 Å². The number of fused-ring (bicyclic) bond motifs is 1. The maximum absolute atomic E-state index is 4.65. The van der Waals surface area contributed by atoms with Crippen LogP contribution in [0.2, 0.25) is 0 Å². The molecule has 0 unspecified atom stereocenters. The van der Waals surface area contributed by atoms with Crippen molar-refractivity contribution in [2.75, 3.05) is 0 Å². The molecule has 0 saturated carbocycles. The van der Waals surface area contributed by atoms with Gasteiger partial charge in [-0.05, 0) is 19.1 Å². The first-order valence-electron chi connectivity index (χ1n) is 5.72. The zero-order chi connectivity index (χ0) is 11.7. The Hall–Kier alpha value is -1.74. The number of aromatic nitrogens is 2. The van der Waals surface area contributed by atoms with Crippen LogP contribution in [0.25, 0.3) is 20.8 Å². The SMILES string of the molecule is CC[n+]1ccc(-c2nc3ccccc3s2)cc1. The lowest BCUT2D eigenvalue weighted by Crippen LogP contribution is -2.30. The predicted molar refractivity (Wildman–Crippen MR) is 70.9 cm³/mol. The number of aryl methyl sites for hydroxylation is 1. The molecule has 2 heterocycles. The lowest BCUT2D eigenvalue weighted by atomic mass is 10.3. The van der Waals surface area contributed by atoms with Crippen LogP contribution in [0.4, 0.5) is 0 Å². The van der Waals surface area contributed by atoms with E-state index < -0.39 is 0 Å². The molecule has 0 fully saturated rings. The third-order valence-corrected chi connectivity index (χ3v) is 3.88. The van der Waals surface area contributed by atoms with Crippen LogP contribution in [0.3, 0.4) is 0 Å². The molecule has 0 bridgehead atoms. The summed E-state index contributed by atoms with van der Waals surface area (Å²) >= 11 is 1.74. The number of para-hydroxylation sites is 1. The highest BCUT2D eigenvalue weighted by Gasteiger charge is 2.06. The largest absolute Gasteiger partial charge is 0.236 e. The first-order chi connectivity index (χ1) is 8.36. The van der Waals surface area contributed by atoms with Gasteiger partial charge in [-0.15, -0.1) is 11.3 Å². The summed E-state index contributed by atoms with van der Waals surface area (Å²) in [5.74, 6) is 0. The fourth-order valence-electron chi connectivity index (χ4n) is 1.81. The number of hydrogen-bond acceptors (Lipinski definition) is 2. The van der Waals surface area contributed by atoms with Crippen molar-refractivity contribution in [3.8, 4) is 10.6 Å². The van der Waals surface area contributed by atoms with Gasteiger partial charge in [-0.25, -0.2) is 9.55 Å². The maximum Gasteiger partial charge on any atom is 0.169 e. The molecule has 1 aromatic carbocycles. The first-order valence-corrected chi connectivity index (χ1v) is 6.53. The minimum atomic E-state index is 1.00. The number of pyridine rings is 1. The average Bonchev–Trinajstić information content (AvgIpc) is 2.82. The van der Waals surface area contributed by atoms with Gasteiger partial charge in [0.05, 0.1) is 10.2 Å². The highest BCUT2D eigenvalue weighted by atomic mass is 32.1. The van der Waals surface area contributed by atoms with Crippen LogP contribution in [0.5, 0.6) is 0 Å². The van der Waals surface area contributed by atoms with E-state index in [0.717, 1.165) is 17.1 Å². The van der Waals surface area contributed by atoms with Crippen LogP contribution >= 0.6 is 11.3 Å². The normalized spacial score (nSPS) is 10.9. The summed E-state index contributed by atoms with van der Waals surface area (Å²) in [6.07, 6.45) is 4.20. The number of benzene rings is 1.